The Labute approximate surface area is 184 Å². The van der Waals surface area contributed by atoms with Crippen LogP contribution in [0.1, 0.15) is 31.7 Å². The van der Waals surface area contributed by atoms with Crippen LogP contribution in [0.3, 0.4) is 0 Å². The predicted octanol–water partition coefficient (Wildman–Crippen LogP) is 6.53. The molecule has 1 nitrogen and oxygen atoms in total. The molecule has 31 heavy (non-hydrogen) atoms. The molecule has 1 aliphatic carbocycles. The highest BCUT2D eigenvalue weighted by Crippen LogP contribution is 2.65. The van der Waals surface area contributed by atoms with Crippen LogP contribution in [0.25, 0.3) is 5.57 Å². The zero-order valence-corrected chi connectivity index (χ0v) is 18.7. The number of hydrogen-bond acceptors (Lipinski definition) is 1. The average Bonchev–Trinajstić information content (AvgIpc) is 2.82. The molecule has 0 aromatic heterocycles. The van der Waals surface area contributed by atoms with E-state index in [1.54, 1.807) is 12.1 Å². The molecule has 0 atom stereocenters. The minimum absolute atomic E-state index is 0.180. The molecule has 0 saturated carbocycles. The van der Waals surface area contributed by atoms with Gasteiger partial charge in [-0.05, 0) is 60.0 Å². The van der Waals surface area contributed by atoms with Gasteiger partial charge in [0.1, 0.15) is 29.0 Å². The second-order valence-electron chi connectivity index (χ2n) is 7.91. The number of carbonyl (C=O) groups excluding carboxylic acids is 1. The van der Waals surface area contributed by atoms with E-state index in [0.29, 0.717) is 6.42 Å². The second-order valence-corrected chi connectivity index (χ2v) is 11.5. The molecular formula is C28H27FOP+. The molecule has 1 aliphatic rings. The molecule has 156 valence electrons. The highest BCUT2D eigenvalue weighted by Gasteiger charge is 2.49. The number of unbranched alkanes of at least 4 members (excludes halogenated alkanes) is 1. The maximum atomic E-state index is 13.6. The van der Waals surface area contributed by atoms with Crippen molar-refractivity contribution >= 4 is 29.2 Å². The van der Waals surface area contributed by atoms with Crippen molar-refractivity contribution in [2.75, 3.05) is 6.16 Å². The Balaban J connectivity index is 1.89. The third-order valence-electron chi connectivity index (χ3n) is 5.95. The van der Waals surface area contributed by atoms with E-state index in [2.05, 4.69) is 61.5 Å². The average molecular weight is 429 g/mol. The molecular weight excluding hydrogens is 402 g/mol. The summed E-state index contributed by atoms with van der Waals surface area (Å²) in [6.07, 6.45) is 7.60. The van der Waals surface area contributed by atoms with Gasteiger partial charge in [0.25, 0.3) is 0 Å². The minimum atomic E-state index is -2.07. The van der Waals surface area contributed by atoms with E-state index in [0.717, 1.165) is 35.5 Å². The number of halogens is 1. The molecule has 0 bridgehead atoms. The summed E-state index contributed by atoms with van der Waals surface area (Å²) < 4.78 is 13.3. The van der Waals surface area contributed by atoms with E-state index in [1.807, 2.05) is 18.2 Å². The van der Waals surface area contributed by atoms with Crippen LogP contribution in [0.5, 0.6) is 0 Å². The van der Waals surface area contributed by atoms with E-state index in [-0.39, 0.29) is 11.6 Å². The Hall–Kier alpha value is -2.83. The molecule has 3 aromatic carbocycles. The van der Waals surface area contributed by atoms with Gasteiger partial charge in [0.15, 0.2) is 0 Å². The fraction of sp³-hybridized carbons (Fsp3) is 0.179. The summed E-state index contributed by atoms with van der Waals surface area (Å²) in [6.45, 7) is 2.20. The van der Waals surface area contributed by atoms with Crippen molar-refractivity contribution in [3.8, 4) is 0 Å². The van der Waals surface area contributed by atoms with Crippen LogP contribution in [0, 0.1) is 5.82 Å². The number of benzene rings is 3. The highest BCUT2D eigenvalue weighted by molar-refractivity contribution is 7.93. The Morgan fingerprint density at radius 1 is 0.806 bits per heavy atom. The molecule has 0 saturated heterocycles. The standard InChI is InChI=1S/C28H27FOP/c1-2-3-20-31(25-10-6-4-7-11-25,26-12-8-5-9-13-26)28-19-16-23(21-27(28)30)22-14-17-24(29)18-15-22/h4-19H,2-3,20-21H2,1H3/q+1. The minimum Gasteiger partial charge on any atom is -0.290 e. The van der Waals surface area contributed by atoms with Crippen LogP contribution in [0.2, 0.25) is 0 Å². The molecule has 0 radical (unpaired) electrons. The zero-order chi connectivity index (χ0) is 21.7. The molecule has 3 aromatic rings. The molecule has 0 amide bonds. The number of Topliss-reactive ketones (excluding diaryl/α,β-unsaturated/α-hetero) is 1. The highest BCUT2D eigenvalue weighted by atomic mass is 31.2. The van der Waals surface area contributed by atoms with Crippen molar-refractivity contribution in [3.63, 3.8) is 0 Å². The summed E-state index contributed by atoms with van der Waals surface area (Å²) in [7, 11) is -2.07. The lowest BCUT2D eigenvalue weighted by atomic mass is 9.96. The lowest BCUT2D eigenvalue weighted by Crippen LogP contribution is -2.30. The summed E-state index contributed by atoms with van der Waals surface area (Å²) in [6, 6.07) is 27.5. The van der Waals surface area contributed by atoms with Gasteiger partial charge in [-0.2, -0.15) is 0 Å². The lowest BCUT2D eigenvalue weighted by Gasteiger charge is -2.30. The van der Waals surface area contributed by atoms with Gasteiger partial charge in [-0.25, -0.2) is 4.39 Å². The summed E-state index contributed by atoms with van der Waals surface area (Å²) in [5.41, 5.74) is 1.85. The topological polar surface area (TPSA) is 17.1 Å². The maximum Gasteiger partial charge on any atom is 0.202 e. The van der Waals surface area contributed by atoms with E-state index in [1.165, 1.54) is 22.7 Å². The Kier molecular flexibility index (Phi) is 6.59. The van der Waals surface area contributed by atoms with E-state index in [9.17, 15) is 9.18 Å². The second kappa shape index (κ2) is 9.54. The molecule has 4 rings (SSSR count). The molecule has 0 N–H and O–H groups in total. The predicted molar refractivity (Wildman–Crippen MR) is 131 cm³/mol. The number of ketones is 1. The normalized spacial score (nSPS) is 14.2. The SMILES string of the molecule is CCCC[P+](C1=CC=C(c2ccc(F)cc2)CC1=O)(c1ccccc1)c1ccccc1. The number of carbonyl (C=O) groups is 1. The van der Waals surface area contributed by atoms with Gasteiger partial charge in [0.05, 0.1) is 6.16 Å². The monoisotopic (exact) mass is 429 g/mol. The molecule has 0 fully saturated rings. The van der Waals surface area contributed by atoms with Crippen LogP contribution in [0.4, 0.5) is 4.39 Å². The van der Waals surface area contributed by atoms with Crippen molar-refractivity contribution in [2.45, 2.75) is 26.2 Å². The number of hydrogen-bond donors (Lipinski definition) is 0. The molecule has 0 unspecified atom stereocenters. The smallest absolute Gasteiger partial charge is 0.202 e. The first-order chi connectivity index (χ1) is 15.1. The van der Waals surface area contributed by atoms with Crippen LogP contribution >= 0.6 is 7.26 Å². The van der Waals surface area contributed by atoms with Gasteiger partial charge in [-0.3, -0.25) is 4.79 Å². The third kappa shape index (κ3) is 4.31. The van der Waals surface area contributed by atoms with Gasteiger partial charge < -0.3 is 0 Å². The molecule has 0 aliphatic heterocycles. The van der Waals surface area contributed by atoms with Crippen LogP contribution in [-0.2, 0) is 4.79 Å². The van der Waals surface area contributed by atoms with Gasteiger partial charge in [-0.15, -0.1) is 0 Å². The van der Waals surface area contributed by atoms with Gasteiger partial charge >= 0.3 is 0 Å². The molecule has 0 heterocycles. The maximum absolute atomic E-state index is 13.6. The van der Waals surface area contributed by atoms with Crippen LogP contribution in [0.15, 0.2) is 102 Å². The lowest BCUT2D eigenvalue weighted by molar-refractivity contribution is -0.114. The van der Waals surface area contributed by atoms with Gasteiger partial charge in [0.2, 0.25) is 5.78 Å². The summed E-state index contributed by atoms with van der Waals surface area (Å²) in [4.78, 5) is 13.6. The van der Waals surface area contributed by atoms with Crippen molar-refractivity contribution in [3.05, 3.63) is 114 Å². The number of rotatable bonds is 7. The van der Waals surface area contributed by atoms with Gasteiger partial charge in [0, 0.05) is 6.42 Å². The first-order valence-corrected chi connectivity index (χ1v) is 12.8. The summed E-state index contributed by atoms with van der Waals surface area (Å²) in [5, 5.41) is 3.46. The first-order valence-electron chi connectivity index (χ1n) is 10.8. The van der Waals surface area contributed by atoms with Crippen LogP contribution in [-0.4, -0.2) is 11.9 Å². The van der Waals surface area contributed by atoms with E-state index < -0.39 is 7.26 Å². The third-order valence-corrected chi connectivity index (χ3v) is 10.5. The summed E-state index contributed by atoms with van der Waals surface area (Å²) >= 11 is 0. The van der Waals surface area contributed by atoms with Crippen molar-refractivity contribution in [1.29, 1.82) is 0 Å². The van der Waals surface area contributed by atoms with Gasteiger partial charge in [-0.1, -0.05) is 68.0 Å². The fourth-order valence-corrected chi connectivity index (χ4v) is 8.96. The van der Waals surface area contributed by atoms with E-state index >= 15 is 0 Å². The van der Waals surface area contributed by atoms with Crippen molar-refractivity contribution in [2.24, 2.45) is 0 Å². The van der Waals surface area contributed by atoms with Crippen molar-refractivity contribution in [1.82, 2.24) is 0 Å². The fourth-order valence-electron chi connectivity index (χ4n) is 4.36. The Morgan fingerprint density at radius 3 is 1.90 bits per heavy atom. The molecule has 0 spiro atoms. The Morgan fingerprint density at radius 2 is 1.39 bits per heavy atom. The molecule has 3 heteroatoms. The first kappa shape index (κ1) is 21.4. The summed E-state index contributed by atoms with van der Waals surface area (Å²) in [5.74, 6) is -0.0839. The number of allylic oxidation sites excluding steroid dienone is 4. The van der Waals surface area contributed by atoms with Crippen molar-refractivity contribution < 1.29 is 9.18 Å². The largest absolute Gasteiger partial charge is 0.290 e. The quantitative estimate of drug-likeness (QED) is 0.390. The Bertz CT molecular complexity index is 1060. The van der Waals surface area contributed by atoms with Crippen LogP contribution < -0.4 is 10.6 Å². The zero-order valence-electron chi connectivity index (χ0n) is 17.8. The van der Waals surface area contributed by atoms with E-state index in [4.69, 9.17) is 0 Å².